The molecule has 0 heterocycles. The number of hydroxylamine groups is 1. The summed E-state index contributed by atoms with van der Waals surface area (Å²) in [5, 5.41) is 8.46. The molecule has 0 aliphatic heterocycles. The van der Waals surface area contributed by atoms with E-state index in [0.717, 1.165) is 15.7 Å². The van der Waals surface area contributed by atoms with E-state index in [9.17, 15) is 0 Å². The van der Waals surface area contributed by atoms with Crippen molar-refractivity contribution in [1.82, 2.24) is 0 Å². The fourth-order valence-electron chi connectivity index (χ4n) is 0.322. The molecule has 56 valence electrons. The van der Waals surface area contributed by atoms with Crippen LogP contribution in [0.4, 0.5) is 0 Å². The Morgan fingerprint density at radius 3 is 2.60 bits per heavy atom. The Morgan fingerprint density at radius 2 is 2.20 bits per heavy atom. The van der Waals surface area contributed by atoms with Crippen LogP contribution >= 0.6 is 15.9 Å². The molecule has 0 bridgehead atoms. The van der Waals surface area contributed by atoms with E-state index < -0.39 is 0 Å². The van der Waals surface area contributed by atoms with Gasteiger partial charge in [0.1, 0.15) is 5.70 Å². The van der Waals surface area contributed by atoms with Crippen LogP contribution in [0, 0.1) is 0 Å². The predicted molar refractivity (Wildman–Crippen MR) is 44.7 cm³/mol. The normalized spacial score (nSPS) is 13.5. The zero-order valence-corrected chi connectivity index (χ0v) is 7.43. The van der Waals surface area contributed by atoms with Gasteiger partial charge in [-0.25, -0.2) is 5.21 Å². The van der Waals surface area contributed by atoms with Gasteiger partial charge >= 0.3 is 0 Å². The minimum Gasteiger partial charge on any atom is -0.215 e. The Balaban J connectivity index is 4.03. The molecule has 3 N–H and O–H groups in total. The predicted octanol–water partition coefficient (Wildman–Crippen LogP) is 1.31. The van der Waals surface area contributed by atoms with E-state index in [1.807, 2.05) is 6.08 Å². The summed E-state index contributed by atoms with van der Waals surface area (Å²) in [6.45, 7) is 5.35. The molecule has 0 aromatic heterocycles. The molecule has 0 saturated heterocycles. The molecule has 0 radical (unpaired) electrons. The second-order valence-electron chi connectivity index (χ2n) is 1.80. The summed E-state index contributed by atoms with van der Waals surface area (Å²) in [6.07, 6.45) is 5.28. The number of rotatable bonds is 3. The van der Waals surface area contributed by atoms with Gasteiger partial charge in [-0.1, -0.05) is 28.6 Å². The van der Waals surface area contributed by atoms with Gasteiger partial charge in [0.15, 0.2) is 0 Å². The largest absolute Gasteiger partial charge is 0.215 e. The van der Waals surface area contributed by atoms with Crippen molar-refractivity contribution < 1.29 is 10.7 Å². The summed E-state index contributed by atoms with van der Waals surface area (Å²) >= 11 is 3.24. The Labute approximate surface area is 69.0 Å². The zero-order valence-electron chi connectivity index (χ0n) is 5.84. The van der Waals surface area contributed by atoms with E-state index in [1.165, 1.54) is 0 Å². The van der Waals surface area contributed by atoms with Gasteiger partial charge in [-0.15, -0.1) is 0 Å². The Bertz CT molecular complexity index is 172. The molecule has 0 aliphatic rings. The SMILES string of the molecule is C=CC(Br)=CC=C(C)[NH2+]O. The summed E-state index contributed by atoms with van der Waals surface area (Å²) in [5.74, 6) is 0. The third-order valence-corrected chi connectivity index (χ3v) is 1.49. The number of halogens is 1. The summed E-state index contributed by atoms with van der Waals surface area (Å²) < 4.78 is 0.897. The number of nitrogens with two attached hydrogens (primary N) is 1. The van der Waals surface area contributed by atoms with Crippen molar-refractivity contribution in [3.8, 4) is 0 Å². The molecule has 10 heavy (non-hydrogen) atoms. The summed E-state index contributed by atoms with van der Waals surface area (Å²) in [6, 6.07) is 0. The highest BCUT2D eigenvalue weighted by Gasteiger charge is 1.85. The van der Waals surface area contributed by atoms with Crippen molar-refractivity contribution in [2.24, 2.45) is 0 Å². The minimum atomic E-state index is 0.804. The zero-order chi connectivity index (χ0) is 7.98. The Morgan fingerprint density at radius 1 is 1.60 bits per heavy atom. The third-order valence-electron chi connectivity index (χ3n) is 0.904. The Kier molecular flexibility index (Phi) is 5.20. The van der Waals surface area contributed by atoms with Crippen molar-refractivity contribution in [3.63, 3.8) is 0 Å². The molecule has 0 aliphatic carbocycles. The van der Waals surface area contributed by atoms with Crippen molar-refractivity contribution in [1.29, 1.82) is 0 Å². The average molecular weight is 205 g/mol. The summed E-state index contributed by atoms with van der Waals surface area (Å²) in [4.78, 5) is 0. The lowest BCUT2D eigenvalue weighted by Crippen LogP contribution is -2.77. The third kappa shape index (κ3) is 4.49. The highest BCUT2D eigenvalue weighted by atomic mass is 79.9. The van der Waals surface area contributed by atoms with Gasteiger partial charge in [-0.3, -0.25) is 0 Å². The molecular weight excluding hydrogens is 194 g/mol. The summed E-state index contributed by atoms with van der Waals surface area (Å²) in [7, 11) is 0. The van der Waals surface area contributed by atoms with Gasteiger partial charge in [0.2, 0.25) is 0 Å². The number of hydrogen-bond acceptors (Lipinski definition) is 1. The molecule has 0 aromatic carbocycles. The Hall–Kier alpha value is -0.380. The number of hydrogen-bond donors (Lipinski definition) is 2. The fourth-order valence-corrected chi connectivity index (χ4v) is 0.454. The van der Waals surface area contributed by atoms with Crippen molar-refractivity contribution in [2.75, 3.05) is 0 Å². The molecule has 0 aromatic rings. The van der Waals surface area contributed by atoms with E-state index in [0.29, 0.717) is 0 Å². The first-order valence-corrected chi connectivity index (χ1v) is 3.64. The molecular formula is C7H11BrNO+. The van der Waals surface area contributed by atoms with Gasteiger partial charge in [0.25, 0.3) is 0 Å². The highest BCUT2D eigenvalue weighted by molar-refractivity contribution is 9.11. The molecule has 0 spiro atoms. The van der Waals surface area contributed by atoms with Gasteiger partial charge in [-0.05, 0) is 12.2 Å². The molecule has 0 unspecified atom stereocenters. The van der Waals surface area contributed by atoms with Crippen LogP contribution in [0.3, 0.4) is 0 Å². The second kappa shape index (κ2) is 5.41. The smallest absolute Gasteiger partial charge is 0.134 e. The number of quaternary nitrogens is 1. The van der Waals surface area contributed by atoms with E-state index >= 15 is 0 Å². The number of allylic oxidation sites excluding steroid dienone is 5. The topological polar surface area (TPSA) is 36.8 Å². The maximum atomic E-state index is 8.46. The monoisotopic (exact) mass is 204 g/mol. The van der Waals surface area contributed by atoms with Crippen LogP contribution in [0.25, 0.3) is 0 Å². The first kappa shape index (κ1) is 9.62. The fraction of sp³-hybridized carbons (Fsp3) is 0.143. The quantitative estimate of drug-likeness (QED) is 0.528. The molecule has 2 nitrogen and oxygen atoms in total. The minimum absolute atomic E-state index is 0.804. The van der Waals surface area contributed by atoms with Gasteiger partial charge in [0, 0.05) is 11.4 Å². The van der Waals surface area contributed by atoms with Crippen LogP contribution in [0.5, 0.6) is 0 Å². The maximum absolute atomic E-state index is 8.46. The summed E-state index contributed by atoms with van der Waals surface area (Å²) in [5.41, 5.74) is 1.86. The van der Waals surface area contributed by atoms with Crippen molar-refractivity contribution in [3.05, 3.63) is 35.0 Å². The van der Waals surface area contributed by atoms with Crippen LogP contribution in [-0.4, -0.2) is 5.21 Å². The van der Waals surface area contributed by atoms with Gasteiger partial charge in [0.05, 0.1) is 0 Å². The van der Waals surface area contributed by atoms with Gasteiger partial charge < -0.3 is 0 Å². The van der Waals surface area contributed by atoms with Crippen molar-refractivity contribution >= 4 is 15.9 Å². The lowest BCUT2D eigenvalue weighted by molar-refractivity contribution is -0.850. The molecule has 0 atom stereocenters. The first-order valence-electron chi connectivity index (χ1n) is 2.84. The molecule has 0 saturated carbocycles. The van der Waals surface area contributed by atoms with E-state index in [2.05, 4.69) is 22.5 Å². The van der Waals surface area contributed by atoms with Crippen LogP contribution in [-0.2, 0) is 0 Å². The molecule has 0 rings (SSSR count). The van der Waals surface area contributed by atoms with Crippen LogP contribution in [0.2, 0.25) is 0 Å². The van der Waals surface area contributed by atoms with Crippen molar-refractivity contribution in [2.45, 2.75) is 6.92 Å². The first-order chi connectivity index (χ1) is 4.70. The van der Waals surface area contributed by atoms with E-state index in [4.69, 9.17) is 5.21 Å². The van der Waals surface area contributed by atoms with Gasteiger partial charge in [-0.2, -0.15) is 5.48 Å². The maximum Gasteiger partial charge on any atom is 0.134 e. The van der Waals surface area contributed by atoms with E-state index in [-0.39, 0.29) is 0 Å². The lowest BCUT2D eigenvalue weighted by atomic mass is 10.4. The van der Waals surface area contributed by atoms with Crippen LogP contribution < -0.4 is 5.48 Å². The van der Waals surface area contributed by atoms with Crippen LogP contribution in [0.1, 0.15) is 6.92 Å². The van der Waals surface area contributed by atoms with E-state index in [1.54, 1.807) is 19.1 Å². The van der Waals surface area contributed by atoms with Crippen LogP contribution in [0.15, 0.2) is 35.0 Å². The lowest BCUT2D eigenvalue weighted by Gasteiger charge is -1.86. The average Bonchev–Trinajstić information content (AvgIpc) is 1.99. The highest BCUT2D eigenvalue weighted by Crippen LogP contribution is 2.04. The molecule has 0 amide bonds. The molecule has 0 fully saturated rings. The molecule has 3 heteroatoms. The second-order valence-corrected chi connectivity index (χ2v) is 2.71. The standard InChI is InChI=1S/C7H10BrNO/c1-3-7(8)5-4-6(2)9-10/h3-5,9-10H,1H2,2H3/p+1.